The van der Waals surface area contributed by atoms with E-state index in [0.29, 0.717) is 12.4 Å². The van der Waals surface area contributed by atoms with Crippen LogP contribution in [0.4, 0.5) is 5.69 Å². The van der Waals surface area contributed by atoms with Gasteiger partial charge < -0.3 is 14.2 Å². The molecule has 0 saturated carbocycles. The first kappa shape index (κ1) is 15.9. The summed E-state index contributed by atoms with van der Waals surface area (Å²) in [5.41, 5.74) is 1.01. The highest BCUT2D eigenvalue weighted by Crippen LogP contribution is 2.19. The van der Waals surface area contributed by atoms with Gasteiger partial charge in [-0.1, -0.05) is 36.4 Å². The molecule has 0 fully saturated rings. The van der Waals surface area contributed by atoms with Crippen LogP contribution < -0.4 is 4.74 Å². The van der Waals surface area contributed by atoms with Crippen molar-refractivity contribution in [2.75, 3.05) is 13.7 Å². The van der Waals surface area contributed by atoms with Crippen molar-refractivity contribution in [1.29, 1.82) is 0 Å². The zero-order valence-electron chi connectivity index (χ0n) is 12.2. The first-order chi connectivity index (χ1) is 10.7. The topological polar surface area (TPSA) is 70.8 Å². The van der Waals surface area contributed by atoms with Gasteiger partial charge in [-0.3, -0.25) is 10.1 Å². The monoisotopic (exact) mass is 303 g/mol. The van der Waals surface area contributed by atoms with E-state index in [9.17, 15) is 10.1 Å². The fraction of sp³-hybridized carbons (Fsp3) is 0.250. The van der Waals surface area contributed by atoms with Crippen LogP contribution in [0.1, 0.15) is 5.56 Å². The summed E-state index contributed by atoms with van der Waals surface area (Å²) in [7, 11) is 1.52. The standard InChI is InChI=1S/C16H17NO5/c1-20-16(22-11-13-6-3-2-4-7-13)12-21-15-9-5-8-14(10-15)17(18)19/h2-10,16H,11-12H2,1H3. The van der Waals surface area contributed by atoms with Gasteiger partial charge in [0.1, 0.15) is 12.4 Å². The van der Waals surface area contributed by atoms with Gasteiger partial charge in [-0.25, -0.2) is 0 Å². The molecule has 1 unspecified atom stereocenters. The smallest absolute Gasteiger partial charge is 0.273 e. The summed E-state index contributed by atoms with van der Waals surface area (Å²) in [6, 6.07) is 15.7. The van der Waals surface area contributed by atoms with Gasteiger partial charge in [-0.15, -0.1) is 0 Å². The third kappa shape index (κ3) is 4.83. The summed E-state index contributed by atoms with van der Waals surface area (Å²) in [6.07, 6.45) is -0.556. The van der Waals surface area contributed by atoms with Crippen LogP contribution in [0.25, 0.3) is 0 Å². The van der Waals surface area contributed by atoms with E-state index in [1.807, 2.05) is 30.3 Å². The minimum Gasteiger partial charge on any atom is -0.488 e. The van der Waals surface area contributed by atoms with Crippen LogP contribution in [0.5, 0.6) is 5.75 Å². The molecule has 6 heteroatoms. The van der Waals surface area contributed by atoms with Gasteiger partial charge in [0.25, 0.3) is 5.69 Å². The van der Waals surface area contributed by atoms with Crippen molar-refractivity contribution < 1.29 is 19.1 Å². The number of benzene rings is 2. The number of nitro benzene ring substituents is 1. The van der Waals surface area contributed by atoms with E-state index in [2.05, 4.69) is 0 Å². The van der Waals surface area contributed by atoms with Crippen LogP contribution >= 0.6 is 0 Å². The first-order valence-electron chi connectivity index (χ1n) is 6.74. The summed E-state index contributed by atoms with van der Waals surface area (Å²) < 4.78 is 16.3. The Morgan fingerprint density at radius 1 is 1.14 bits per heavy atom. The minimum atomic E-state index is -0.556. The highest BCUT2D eigenvalue weighted by Gasteiger charge is 2.11. The summed E-state index contributed by atoms with van der Waals surface area (Å²) in [5.74, 6) is 0.402. The predicted molar refractivity (Wildman–Crippen MR) is 80.6 cm³/mol. The third-order valence-electron chi connectivity index (χ3n) is 2.96. The predicted octanol–water partition coefficient (Wildman–Crippen LogP) is 3.16. The highest BCUT2D eigenvalue weighted by atomic mass is 16.7. The number of ether oxygens (including phenoxy) is 3. The molecule has 0 bridgehead atoms. The van der Waals surface area contributed by atoms with Crippen LogP contribution in [-0.2, 0) is 16.1 Å². The lowest BCUT2D eigenvalue weighted by Crippen LogP contribution is -2.23. The molecule has 2 rings (SSSR count). The summed E-state index contributed by atoms with van der Waals surface area (Å²) in [6.45, 7) is 0.544. The summed E-state index contributed by atoms with van der Waals surface area (Å²) >= 11 is 0. The van der Waals surface area contributed by atoms with Crippen molar-refractivity contribution in [1.82, 2.24) is 0 Å². The molecule has 2 aromatic rings. The van der Waals surface area contributed by atoms with Gasteiger partial charge in [-0.05, 0) is 11.6 Å². The zero-order valence-corrected chi connectivity index (χ0v) is 12.2. The number of nitro groups is 1. The molecule has 22 heavy (non-hydrogen) atoms. The Morgan fingerprint density at radius 3 is 2.59 bits per heavy atom. The van der Waals surface area contributed by atoms with E-state index in [-0.39, 0.29) is 12.3 Å². The van der Waals surface area contributed by atoms with Crippen molar-refractivity contribution in [2.24, 2.45) is 0 Å². The Morgan fingerprint density at radius 2 is 1.91 bits per heavy atom. The van der Waals surface area contributed by atoms with Crippen LogP contribution in [0.15, 0.2) is 54.6 Å². The van der Waals surface area contributed by atoms with Crippen LogP contribution in [0, 0.1) is 10.1 Å². The highest BCUT2D eigenvalue weighted by molar-refractivity contribution is 5.37. The lowest BCUT2D eigenvalue weighted by Gasteiger charge is -2.17. The van der Waals surface area contributed by atoms with Crippen molar-refractivity contribution >= 4 is 5.69 Å². The largest absolute Gasteiger partial charge is 0.488 e. The summed E-state index contributed by atoms with van der Waals surface area (Å²) in [4.78, 5) is 10.2. The first-order valence-corrected chi connectivity index (χ1v) is 6.74. The Balaban J connectivity index is 1.85. The number of rotatable bonds is 8. The van der Waals surface area contributed by atoms with Gasteiger partial charge >= 0.3 is 0 Å². The Labute approximate surface area is 128 Å². The maximum atomic E-state index is 10.7. The molecule has 0 saturated heterocycles. The molecule has 116 valence electrons. The van der Waals surface area contributed by atoms with Crippen molar-refractivity contribution in [3.63, 3.8) is 0 Å². The van der Waals surface area contributed by atoms with Crippen molar-refractivity contribution in [3.8, 4) is 5.75 Å². The van der Waals surface area contributed by atoms with Gasteiger partial charge in [0, 0.05) is 13.2 Å². The maximum absolute atomic E-state index is 10.7. The van der Waals surface area contributed by atoms with E-state index in [1.54, 1.807) is 12.1 Å². The molecule has 1 atom stereocenters. The molecular weight excluding hydrogens is 286 g/mol. The van der Waals surface area contributed by atoms with E-state index in [0.717, 1.165) is 5.56 Å². The average molecular weight is 303 g/mol. The van der Waals surface area contributed by atoms with E-state index in [1.165, 1.54) is 19.2 Å². The molecule has 0 aliphatic heterocycles. The SMILES string of the molecule is COC(COc1cccc([N+](=O)[O-])c1)OCc1ccccc1. The number of nitrogens with zero attached hydrogens (tertiary/aromatic N) is 1. The molecule has 2 aromatic carbocycles. The van der Waals surface area contributed by atoms with E-state index < -0.39 is 11.2 Å². The number of non-ortho nitro benzene ring substituents is 1. The van der Waals surface area contributed by atoms with Crippen LogP contribution in [0.2, 0.25) is 0 Å². The van der Waals surface area contributed by atoms with E-state index in [4.69, 9.17) is 14.2 Å². The number of hydrogen-bond donors (Lipinski definition) is 0. The normalized spacial score (nSPS) is 11.9. The molecule has 0 spiro atoms. The maximum Gasteiger partial charge on any atom is 0.273 e. The summed E-state index contributed by atoms with van der Waals surface area (Å²) in [5, 5.41) is 10.7. The van der Waals surface area contributed by atoms with Crippen molar-refractivity contribution in [3.05, 3.63) is 70.3 Å². The molecule has 0 N–H and O–H groups in total. The Bertz CT molecular complexity index is 602. The Hall–Kier alpha value is -2.44. The second-order valence-electron chi connectivity index (χ2n) is 4.53. The molecule has 0 aromatic heterocycles. The molecule has 0 heterocycles. The van der Waals surface area contributed by atoms with Crippen molar-refractivity contribution in [2.45, 2.75) is 12.9 Å². The fourth-order valence-electron chi connectivity index (χ4n) is 1.80. The van der Waals surface area contributed by atoms with Gasteiger partial charge in [-0.2, -0.15) is 0 Å². The molecule has 0 radical (unpaired) electrons. The van der Waals surface area contributed by atoms with Gasteiger partial charge in [0.05, 0.1) is 17.6 Å². The van der Waals surface area contributed by atoms with Gasteiger partial charge in [0.15, 0.2) is 6.29 Å². The number of methoxy groups -OCH3 is 1. The second kappa shape index (κ2) is 8.11. The molecule has 0 aliphatic carbocycles. The molecule has 0 aliphatic rings. The minimum absolute atomic E-state index is 0.0170. The van der Waals surface area contributed by atoms with E-state index >= 15 is 0 Å². The second-order valence-corrected chi connectivity index (χ2v) is 4.53. The average Bonchev–Trinajstić information content (AvgIpc) is 2.56. The Kier molecular flexibility index (Phi) is 5.88. The molecule has 0 amide bonds. The third-order valence-corrected chi connectivity index (χ3v) is 2.96. The van der Waals surface area contributed by atoms with Gasteiger partial charge in [0.2, 0.25) is 0 Å². The van der Waals surface area contributed by atoms with Crippen LogP contribution in [-0.4, -0.2) is 24.9 Å². The van der Waals surface area contributed by atoms with Crippen LogP contribution in [0.3, 0.4) is 0 Å². The molecular formula is C16H17NO5. The molecule has 6 nitrogen and oxygen atoms in total. The fourth-order valence-corrected chi connectivity index (χ4v) is 1.80. The zero-order chi connectivity index (χ0) is 15.8. The lowest BCUT2D eigenvalue weighted by molar-refractivity contribution is -0.384. The quantitative estimate of drug-likeness (QED) is 0.425. The lowest BCUT2D eigenvalue weighted by atomic mass is 10.2. The number of hydrogen-bond acceptors (Lipinski definition) is 5.